The van der Waals surface area contributed by atoms with Gasteiger partial charge >= 0.3 is 12.1 Å². The predicted molar refractivity (Wildman–Crippen MR) is 89.8 cm³/mol. The first-order valence-corrected chi connectivity index (χ1v) is 8.10. The average molecular weight is 423 g/mol. The van der Waals surface area contributed by atoms with E-state index in [1.165, 1.54) is 0 Å². The lowest BCUT2D eigenvalue weighted by molar-refractivity contribution is 0.0506. The summed E-state index contributed by atoms with van der Waals surface area (Å²) >= 11 is 2.03. The van der Waals surface area contributed by atoms with Crippen molar-refractivity contribution in [3.05, 3.63) is 15.5 Å². The second-order valence-electron chi connectivity index (χ2n) is 5.74. The molecule has 1 atom stereocenters. The minimum atomic E-state index is -0.551. The van der Waals surface area contributed by atoms with Gasteiger partial charge in [0.2, 0.25) is 0 Å². The fourth-order valence-electron chi connectivity index (χ4n) is 1.70. The molecule has 124 valence electrons. The quantitative estimate of drug-likeness (QED) is 0.582. The molecule has 0 radical (unpaired) electrons. The van der Waals surface area contributed by atoms with Gasteiger partial charge in [-0.1, -0.05) is 0 Å². The van der Waals surface area contributed by atoms with Crippen molar-refractivity contribution in [1.82, 2.24) is 15.1 Å². The zero-order valence-electron chi connectivity index (χ0n) is 13.5. The number of hydrogen-bond acceptors (Lipinski definition) is 5. The van der Waals surface area contributed by atoms with E-state index in [0.29, 0.717) is 22.4 Å². The standard InChI is InChI=1S/C14H22IN3O4/c1-6-21-12(19)11-10(15)8-17-18(11)9(2)7-16-13(20)22-14(3,4)5/h8-9H,6-7H2,1-5H3,(H,16,20). The zero-order valence-corrected chi connectivity index (χ0v) is 15.6. The Labute approximate surface area is 143 Å². The number of ether oxygens (including phenoxy) is 2. The second-order valence-corrected chi connectivity index (χ2v) is 6.90. The van der Waals surface area contributed by atoms with E-state index < -0.39 is 17.7 Å². The van der Waals surface area contributed by atoms with Crippen LogP contribution in [0, 0.1) is 3.57 Å². The van der Waals surface area contributed by atoms with Crippen LogP contribution in [0.25, 0.3) is 0 Å². The molecule has 0 aliphatic heterocycles. The largest absolute Gasteiger partial charge is 0.461 e. The molecule has 1 unspecified atom stereocenters. The molecule has 0 saturated heterocycles. The van der Waals surface area contributed by atoms with Crippen molar-refractivity contribution in [3.8, 4) is 0 Å². The maximum Gasteiger partial charge on any atom is 0.407 e. The number of alkyl carbamates (subject to hydrolysis) is 1. The number of amides is 1. The summed E-state index contributed by atoms with van der Waals surface area (Å²) in [5, 5.41) is 6.86. The van der Waals surface area contributed by atoms with Gasteiger partial charge in [-0.05, 0) is 57.2 Å². The van der Waals surface area contributed by atoms with Crippen LogP contribution < -0.4 is 5.32 Å². The summed E-state index contributed by atoms with van der Waals surface area (Å²) in [5.41, 5.74) is -0.161. The van der Waals surface area contributed by atoms with Crippen LogP contribution in [-0.2, 0) is 9.47 Å². The van der Waals surface area contributed by atoms with Crippen LogP contribution in [0.2, 0.25) is 0 Å². The van der Waals surface area contributed by atoms with Crippen molar-refractivity contribution in [2.75, 3.05) is 13.2 Å². The molecule has 1 aromatic rings. The minimum Gasteiger partial charge on any atom is -0.461 e. The molecule has 0 bridgehead atoms. The average Bonchev–Trinajstić information content (AvgIpc) is 2.76. The molecule has 0 fully saturated rings. The number of carbonyl (C=O) groups excluding carboxylic acids is 2. The third-order valence-corrected chi connectivity index (χ3v) is 3.37. The fraction of sp³-hybridized carbons (Fsp3) is 0.643. The third kappa shape index (κ3) is 5.47. The Bertz CT molecular complexity index is 537. The van der Waals surface area contributed by atoms with E-state index in [0.717, 1.165) is 0 Å². The Morgan fingerprint density at radius 2 is 2.09 bits per heavy atom. The van der Waals surface area contributed by atoms with E-state index >= 15 is 0 Å². The monoisotopic (exact) mass is 423 g/mol. The highest BCUT2D eigenvalue weighted by Crippen LogP contribution is 2.17. The number of esters is 1. The number of aromatic nitrogens is 2. The number of halogens is 1. The molecule has 0 spiro atoms. The molecule has 0 aliphatic rings. The van der Waals surface area contributed by atoms with Crippen molar-refractivity contribution < 1.29 is 19.1 Å². The highest BCUT2D eigenvalue weighted by atomic mass is 127. The second kappa shape index (κ2) is 7.80. The zero-order chi connectivity index (χ0) is 16.9. The van der Waals surface area contributed by atoms with Gasteiger partial charge in [0.05, 0.1) is 22.4 Å². The summed E-state index contributed by atoms with van der Waals surface area (Å²) in [5.74, 6) is -0.423. The molecule has 0 saturated carbocycles. The van der Waals surface area contributed by atoms with Crippen LogP contribution >= 0.6 is 22.6 Å². The van der Waals surface area contributed by atoms with Crippen molar-refractivity contribution in [2.24, 2.45) is 0 Å². The molecule has 1 aromatic heterocycles. The Morgan fingerprint density at radius 3 is 2.64 bits per heavy atom. The van der Waals surface area contributed by atoms with Crippen LogP contribution in [0.5, 0.6) is 0 Å². The first kappa shape index (κ1) is 18.7. The molecule has 1 rings (SSSR count). The lowest BCUT2D eigenvalue weighted by Crippen LogP contribution is -2.36. The SMILES string of the molecule is CCOC(=O)c1c(I)cnn1C(C)CNC(=O)OC(C)(C)C. The number of hydrogen-bond donors (Lipinski definition) is 1. The van der Waals surface area contributed by atoms with E-state index in [-0.39, 0.29) is 6.04 Å². The molecule has 0 aliphatic carbocycles. The number of nitrogens with one attached hydrogen (secondary N) is 1. The smallest absolute Gasteiger partial charge is 0.407 e. The van der Waals surface area contributed by atoms with Crippen LogP contribution in [0.15, 0.2) is 6.20 Å². The van der Waals surface area contributed by atoms with E-state index in [2.05, 4.69) is 10.4 Å². The molecule has 0 aromatic carbocycles. The van der Waals surface area contributed by atoms with Crippen LogP contribution in [0.4, 0.5) is 4.79 Å². The number of carbonyl (C=O) groups is 2. The van der Waals surface area contributed by atoms with E-state index in [1.54, 1.807) is 38.6 Å². The lowest BCUT2D eigenvalue weighted by Gasteiger charge is -2.21. The Kier molecular flexibility index (Phi) is 6.64. The number of rotatable bonds is 5. The van der Waals surface area contributed by atoms with Crippen molar-refractivity contribution in [2.45, 2.75) is 46.3 Å². The molecule has 22 heavy (non-hydrogen) atoms. The summed E-state index contributed by atoms with van der Waals surface area (Å²) in [6.45, 7) is 9.58. The Morgan fingerprint density at radius 1 is 1.45 bits per heavy atom. The highest BCUT2D eigenvalue weighted by Gasteiger charge is 2.22. The van der Waals surface area contributed by atoms with Gasteiger partial charge in [-0.25, -0.2) is 9.59 Å². The van der Waals surface area contributed by atoms with Gasteiger partial charge in [-0.3, -0.25) is 4.68 Å². The van der Waals surface area contributed by atoms with Crippen molar-refractivity contribution >= 4 is 34.7 Å². The molecular weight excluding hydrogens is 401 g/mol. The molecule has 8 heteroatoms. The normalized spacial score (nSPS) is 12.6. The van der Waals surface area contributed by atoms with Crippen LogP contribution in [-0.4, -0.2) is 40.6 Å². The molecular formula is C14H22IN3O4. The predicted octanol–water partition coefficient (Wildman–Crippen LogP) is 2.75. The van der Waals surface area contributed by atoms with Gasteiger partial charge in [0.25, 0.3) is 0 Å². The molecule has 1 amide bonds. The Balaban J connectivity index is 2.72. The highest BCUT2D eigenvalue weighted by molar-refractivity contribution is 14.1. The van der Waals surface area contributed by atoms with Crippen LogP contribution in [0.3, 0.4) is 0 Å². The lowest BCUT2D eigenvalue weighted by atomic mass is 10.2. The minimum absolute atomic E-state index is 0.213. The third-order valence-electron chi connectivity index (χ3n) is 2.58. The van der Waals surface area contributed by atoms with Gasteiger partial charge in [0, 0.05) is 6.54 Å². The van der Waals surface area contributed by atoms with E-state index in [4.69, 9.17) is 9.47 Å². The van der Waals surface area contributed by atoms with Gasteiger partial charge in [0.15, 0.2) is 5.69 Å². The first-order valence-electron chi connectivity index (χ1n) is 7.02. The summed E-state index contributed by atoms with van der Waals surface area (Å²) in [4.78, 5) is 23.6. The maximum atomic E-state index is 12.0. The molecule has 1 heterocycles. The fourth-order valence-corrected chi connectivity index (χ4v) is 2.29. The topological polar surface area (TPSA) is 82.5 Å². The van der Waals surface area contributed by atoms with E-state index in [1.807, 2.05) is 29.5 Å². The maximum absolute atomic E-state index is 12.0. The first-order chi connectivity index (χ1) is 10.2. The van der Waals surface area contributed by atoms with Crippen molar-refractivity contribution in [1.29, 1.82) is 0 Å². The van der Waals surface area contributed by atoms with Crippen LogP contribution in [0.1, 0.15) is 51.1 Å². The van der Waals surface area contributed by atoms with Gasteiger partial charge in [-0.15, -0.1) is 0 Å². The van der Waals surface area contributed by atoms with Gasteiger partial charge < -0.3 is 14.8 Å². The van der Waals surface area contributed by atoms with E-state index in [9.17, 15) is 9.59 Å². The summed E-state index contributed by atoms with van der Waals surface area (Å²) < 4.78 is 12.5. The molecule has 1 N–H and O–H groups in total. The summed E-state index contributed by atoms with van der Waals surface area (Å²) in [7, 11) is 0. The summed E-state index contributed by atoms with van der Waals surface area (Å²) in [6.07, 6.45) is 1.09. The number of nitrogens with zero attached hydrogens (tertiary/aromatic N) is 2. The van der Waals surface area contributed by atoms with Crippen molar-refractivity contribution in [3.63, 3.8) is 0 Å². The van der Waals surface area contributed by atoms with Gasteiger partial charge in [-0.2, -0.15) is 5.10 Å². The summed E-state index contributed by atoms with van der Waals surface area (Å²) in [6, 6.07) is -0.213. The molecule has 7 nitrogen and oxygen atoms in total. The Hall–Kier alpha value is -1.32. The van der Waals surface area contributed by atoms with Gasteiger partial charge in [0.1, 0.15) is 5.60 Å².